The van der Waals surface area contributed by atoms with E-state index in [1.165, 1.54) is 12.1 Å². The van der Waals surface area contributed by atoms with E-state index in [4.69, 9.17) is 21.1 Å². The zero-order valence-corrected chi connectivity index (χ0v) is 14.9. The highest BCUT2D eigenvalue weighted by molar-refractivity contribution is 6.31. The smallest absolute Gasteiger partial charge is 0.335 e. The molecule has 0 bridgehead atoms. The summed E-state index contributed by atoms with van der Waals surface area (Å²) in [5.41, 5.74) is 2.01. The number of hydrogen-bond acceptors (Lipinski definition) is 4. The van der Waals surface area contributed by atoms with Crippen molar-refractivity contribution in [2.75, 3.05) is 5.32 Å². The van der Waals surface area contributed by atoms with Gasteiger partial charge in [-0.25, -0.2) is 4.79 Å². The van der Waals surface area contributed by atoms with E-state index in [2.05, 4.69) is 10.4 Å². The number of benzene rings is 1. The second kappa shape index (κ2) is 7.05. The molecule has 2 heterocycles. The fourth-order valence-electron chi connectivity index (χ4n) is 2.48. The molecule has 0 aliphatic carbocycles. The van der Waals surface area contributed by atoms with Crippen LogP contribution >= 0.6 is 11.6 Å². The van der Waals surface area contributed by atoms with Gasteiger partial charge in [0.15, 0.2) is 5.76 Å². The third kappa shape index (κ3) is 3.62. The third-order valence-corrected chi connectivity index (χ3v) is 4.40. The minimum Gasteiger partial charge on any atom is -0.478 e. The average Bonchev–Trinajstić information content (AvgIpc) is 3.17. The number of halogens is 1. The maximum Gasteiger partial charge on any atom is 0.335 e. The van der Waals surface area contributed by atoms with E-state index in [1.807, 2.05) is 13.8 Å². The van der Waals surface area contributed by atoms with Gasteiger partial charge in [-0.05, 0) is 44.2 Å². The number of carboxylic acids is 1. The van der Waals surface area contributed by atoms with Crippen LogP contribution in [0.2, 0.25) is 5.02 Å². The van der Waals surface area contributed by atoms with Crippen molar-refractivity contribution in [2.45, 2.75) is 20.4 Å². The topological polar surface area (TPSA) is 97.4 Å². The van der Waals surface area contributed by atoms with Gasteiger partial charge in [-0.2, -0.15) is 5.10 Å². The Morgan fingerprint density at radius 2 is 2.04 bits per heavy atom. The Morgan fingerprint density at radius 1 is 1.27 bits per heavy atom. The molecule has 0 atom stereocenters. The highest BCUT2D eigenvalue weighted by Gasteiger charge is 2.15. The van der Waals surface area contributed by atoms with E-state index >= 15 is 0 Å². The van der Waals surface area contributed by atoms with Crippen LogP contribution in [-0.4, -0.2) is 26.8 Å². The number of rotatable bonds is 5. The molecule has 0 aliphatic rings. The third-order valence-electron chi connectivity index (χ3n) is 3.85. The zero-order chi connectivity index (χ0) is 18.8. The van der Waals surface area contributed by atoms with E-state index in [1.54, 1.807) is 28.9 Å². The molecule has 1 amide bonds. The molecule has 0 radical (unpaired) electrons. The maximum absolute atomic E-state index is 12.3. The lowest BCUT2D eigenvalue weighted by atomic mass is 10.2. The Labute approximate surface area is 154 Å². The van der Waals surface area contributed by atoms with Gasteiger partial charge in [0.2, 0.25) is 0 Å². The molecule has 0 unspecified atom stereocenters. The summed E-state index contributed by atoms with van der Waals surface area (Å²) >= 11 is 6.13. The van der Waals surface area contributed by atoms with Gasteiger partial charge in [0.05, 0.1) is 28.5 Å². The first-order valence-corrected chi connectivity index (χ1v) is 8.16. The van der Waals surface area contributed by atoms with Crippen LogP contribution in [0.5, 0.6) is 0 Å². The molecule has 2 aromatic heterocycles. The Morgan fingerprint density at radius 3 is 2.69 bits per heavy atom. The van der Waals surface area contributed by atoms with Crippen molar-refractivity contribution < 1.29 is 19.1 Å². The van der Waals surface area contributed by atoms with Crippen LogP contribution in [0, 0.1) is 13.8 Å². The first-order valence-electron chi connectivity index (χ1n) is 7.78. The lowest BCUT2D eigenvalue weighted by Crippen LogP contribution is -2.11. The molecule has 0 spiro atoms. The van der Waals surface area contributed by atoms with Gasteiger partial charge < -0.3 is 14.8 Å². The molecule has 26 heavy (non-hydrogen) atoms. The molecule has 3 rings (SSSR count). The number of aryl methyl sites for hydroxylation is 1. The highest BCUT2D eigenvalue weighted by atomic mass is 35.5. The van der Waals surface area contributed by atoms with Crippen LogP contribution in [0.25, 0.3) is 0 Å². The lowest BCUT2D eigenvalue weighted by Gasteiger charge is -2.04. The monoisotopic (exact) mass is 373 g/mol. The molecule has 0 fully saturated rings. The number of nitrogens with one attached hydrogen (secondary N) is 1. The summed E-state index contributed by atoms with van der Waals surface area (Å²) in [7, 11) is 0. The predicted octanol–water partition coefficient (Wildman–Crippen LogP) is 3.75. The number of carbonyl (C=O) groups is 2. The van der Waals surface area contributed by atoms with Crippen molar-refractivity contribution in [3.05, 3.63) is 69.9 Å². The first-order chi connectivity index (χ1) is 12.3. The summed E-state index contributed by atoms with van der Waals surface area (Å²) in [6.07, 6.45) is 0. The zero-order valence-electron chi connectivity index (χ0n) is 14.1. The Balaban J connectivity index is 1.73. The summed E-state index contributed by atoms with van der Waals surface area (Å²) in [5.74, 6) is -0.861. The summed E-state index contributed by atoms with van der Waals surface area (Å²) in [4.78, 5) is 23.3. The Hall–Kier alpha value is -3.06. The molecule has 134 valence electrons. The molecule has 7 nitrogen and oxygen atoms in total. The van der Waals surface area contributed by atoms with Gasteiger partial charge >= 0.3 is 5.97 Å². The first kappa shape index (κ1) is 17.8. The fraction of sp³-hybridized carbons (Fsp3) is 0.167. The van der Waals surface area contributed by atoms with Crippen LogP contribution in [0.3, 0.4) is 0 Å². The number of amides is 1. The number of aromatic carboxylic acids is 1. The molecule has 8 heteroatoms. The van der Waals surface area contributed by atoms with Crippen molar-refractivity contribution in [2.24, 2.45) is 0 Å². The minimum absolute atomic E-state index is 0.0874. The number of hydrogen-bond donors (Lipinski definition) is 2. The molecule has 1 aromatic carbocycles. The molecular formula is C18H16ClN3O4. The summed E-state index contributed by atoms with van der Waals surface area (Å²) in [6.45, 7) is 4.02. The van der Waals surface area contributed by atoms with Crippen molar-refractivity contribution in [3.63, 3.8) is 0 Å². The van der Waals surface area contributed by atoms with Crippen LogP contribution in [-0.2, 0) is 6.54 Å². The lowest BCUT2D eigenvalue weighted by molar-refractivity contribution is 0.0696. The maximum atomic E-state index is 12.3. The van der Waals surface area contributed by atoms with E-state index in [9.17, 15) is 9.59 Å². The van der Waals surface area contributed by atoms with Crippen molar-refractivity contribution in [3.8, 4) is 0 Å². The van der Waals surface area contributed by atoms with Crippen LogP contribution < -0.4 is 5.32 Å². The Kier molecular flexibility index (Phi) is 4.81. The quantitative estimate of drug-likeness (QED) is 0.709. The molecule has 0 saturated carbocycles. The number of nitrogens with zero attached hydrogens (tertiary/aromatic N) is 2. The van der Waals surface area contributed by atoms with Crippen LogP contribution in [0.1, 0.15) is 38.1 Å². The van der Waals surface area contributed by atoms with Gasteiger partial charge in [-0.1, -0.05) is 17.7 Å². The van der Waals surface area contributed by atoms with Gasteiger partial charge in [-0.3, -0.25) is 9.48 Å². The minimum atomic E-state index is -1.06. The van der Waals surface area contributed by atoms with E-state index in [0.29, 0.717) is 23.0 Å². The molecule has 0 aliphatic heterocycles. The van der Waals surface area contributed by atoms with Crippen LogP contribution in [0.15, 0.2) is 40.8 Å². The second-order valence-electron chi connectivity index (χ2n) is 5.75. The van der Waals surface area contributed by atoms with E-state index < -0.39 is 11.9 Å². The number of carbonyl (C=O) groups excluding carboxylic acids is 1. The normalized spacial score (nSPS) is 10.7. The van der Waals surface area contributed by atoms with E-state index in [-0.39, 0.29) is 11.3 Å². The van der Waals surface area contributed by atoms with E-state index in [0.717, 1.165) is 11.4 Å². The summed E-state index contributed by atoms with van der Waals surface area (Å²) in [6, 6.07) is 9.22. The number of anilines is 1. The van der Waals surface area contributed by atoms with Gasteiger partial charge in [0.25, 0.3) is 5.91 Å². The largest absolute Gasteiger partial charge is 0.478 e. The summed E-state index contributed by atoms with van der Waals surface area (Å²) in [5, 5.41) is 16.5. The van der Waals surface area contributed by atoms with Crippen LogP contribution in [0.4, 0.5) is 5.69 Å². The molecule has 2 N–H and O–H groups in total. The Bertz CT molecular complexity index is 990. The number of carboxylic acid groups (broad SMARTS) is 1. The molecule has 3 aromatic rings. The second-order valence-corrected chi connectivity index (χ2v) is 6.13. The highest BCUT2D eigenvalue weighted by Crippen LogP contribution is 2.21. The average molecular weight is 374 g/mol. The summed E-state index contributed by atoms with van der Waals surface area (Å²) < 4.78 is 7.27. The van der Waals surface area contributed by atoms with Crippen molar-refractivity contribution in [1.29, 1.82) is 0 Å². The molecule has 0 saturated heterocycles. The van der Waals surface area contributed by atoms with Gasteiger partial charge in [0.1, 0.15) is 5.76 Å². The molecular weight excluding hydrogens is 358 g/mol. The van der Waals surface area contributed by atoms with Gasteiger partial charge in [-0.15, -0.1) is 0 Å². The predicted molar refractivity (Wildman–Crippen MR) is 95.9 cm³/mol. The number of aromatic nitrogens is 2. The fourth-order valence-corrected chi connectivity index (χ4v) is 2.62. The van der Waals surface area contributed by atoms with Crippen molar-refractivity contribution >= 4 is 29.2 Å². The SMILES string of the molecule is Cc1nn(Cc2ccc(C(=O)Nc3cccc(C(=O)O)c3)o2)c(C)c1Cl. The van der Waals surface area contributed by atoms with Crippen molar-refractivity contribution in [1.82, 2.24) is 9.78 Å². The van der Waals surface area contributed by atoms with Gasteiger partial charge in [0, 0.05) is 5.69 Å². The standard InChI is InChI=1S/C18H16ClN3O4/c1-10-16(19)11(2)22(21-10)9-14-6-7-15(26-14)17(23)20-13-5-3-4-12(8-13)18(24)25/h3-8H,9H2,1-2H3,(H,20,23)(H,24,25). The number of furan rings is 1.